The molecule has 0 bridgehead atoms. The Bertz CT molecular complexity index is 892. The van der Waals surface area contributed by atoms with Gasteiger partial charge in [0, 0.05) is 11.1 Å². The maximum absolute atomic E-state index is 12.0. The lowest BCUT2D eigenvalue weighted by Crippen LogP contribution is -2.21. The van der Waals surface area contributed by atoms with Gasteiger partial charge in [-0.25, -0.2) is 9.59 Å². The Morgan fingerprint density at radius 2 is 1.89 bits per heavy atom. The maximum atomic E-state index is 12.0. The van der Waals surface area contributed by atoms with Crippen LogP contribution in [-0.2, 0) is 19.1 Å². The summed E-state index contributed by atoms with van der Waals surface area (Å²) in [5.74, 6) is -1.84. The Morgan fingerprint density at radius 3 is 2.59 bits per heavy atom. The molecule has 1 N–H and O–H groups in total. The summed E-state index contributed by atoms with van der Waals surface area (Å²) < 4.78 is 9.54. The summed E-state index contributed by atoms with van der Waals surface area (Å²) >= 11 is 6.02. The summed E-state index contributed by atoms with van der Waals surface area (Å²) in [6.45, 7) is 1.38. The molecule has 0 fully saturated rings. The molecule has 0 aliphatic carbocycles. The number of hydrogen-bond acceptors (Lipinski definition) is 5. The summed E-state index contributed by atoms with van der Waals surface area (Å²) in [5.41, 5.74) is 2.14. The molecule has 0 saturated carbocycles. The molecule has 2 aromatic carbocycles. The number of nitrogens with one attached hydrogen (secondary N) is 1. The van der Waals surface area contributed by atoms with E-state index in [1.54, 1.807) is 30.3 Å². The van der Waals surface area contributed by atoms with Crippen molar-refractivity contribution in [3.05, 3.63) is 70.3 Å². The fourth-order valence-electron chi connectivity index (χ4n) is 2.13. The summed E-state index contributed by atoms with van der Waals surface area (Å²) in [6.07, 6.45) is 2.74. The smallest absolute Gasteiger partial charge is 0.339 e. The van der Waals surface area contributed by atoms with Gasteiger partial charge in [-0.05, 0) is 42.3 Å². The molecule has 6 nitrogen and oxygen atoms in total. The van der Waals surface area contributed by atoms with Crippen molar-refractivity contribution in [2.24, 2.45) is 0 Å². The van der Waals surface area contributed by atoms with Crippen molar-refractivity contribution in [3.8, 4) is 0 Å². The number of halogens is 1. The molecule has 0 atom stereocenters. The normalized spacial score (nSPS) is 10.5. The summed E-state index contributed by atoms with van der Waals surface area (Å²) in [6, 6.07) is 11.7. The van der Waals surface area contributed by atoms with E-state index in [0.717, 1.165) is 11.1 Å². The Morgan fingerprint density at radius 1 is 1.15 bits per heavy atom. The zero-order chi connectivity index (χ0) is 19.8. The van der Waals surface area contributed by atoms with Crippen molar-refractivity contribution < 1.29 is 23.9 Å². The summed E-state index contributed by atoms with van der Waals surface area (Å²) in [5, 5.41) is 3.10. The number of carbonyl (C=O) groups excluding carboxylic acids is 3. The van der Waals surface area contributed by atoms with Crippen molar-refractivity contribution in [2.75, 3.05) is 19.0 Å². The molecule has 0 unspecified atom stereocenters. The first-order valence-corrected chi connectivity index (χ1v) is 8.36. The Hall–Kier alpha value is -3.12. The van der Waals surface area contributed by atoms with Crippen molar-refractivity contribution in [1.82, 2.24) is 0 Å². The molecule has 7 heteroatoms. The molecule has 0 heterocycles. The quantitative estimate of drug-likeness (QED) is 0.604. The first kappa shape index (κ1) is 20.2. The minimum absolute atomic E-state index is 0.204. The summed E-state index contributed by atoms with van der Waals surface area (Å²) in [7, 11) is 1.25. The van der Waals surface area contributed by atoms with Gasteiger partial charge in [-0.2, -0.15) is 0 Å². The van der Waals surface area contributed by atoms with Crippen molar-refractivity contribution in [3.63, 3.8) is 0 Å². The molecular weight excluding hydrogens is 370 g/mol. The lowest BCUT2D eigenvalue weighted by Gasteiger charge is -2.09. The van der Waals surface area contributed by atoms with Gasteiger partial charge in [0.05, 0.1) is 18.4 Å². The molecule has 0 saturated heterocycles. The van der Waals surface area contributed by atoms with Crippen LogP contribution in [0.3, 0.4) is 0 Å². The largest absolute Gasteiger partial charge is 0.465 e. The standard InChI is InChI=1S/C20H18ClNO5/c1-13-7-8-14(11-16(13)21)9-10-19(24)27-12-18(23)22-17-6-4-3-5-15(17)20(25)26-2/h3-11H,12H2,1-2H3,(H,22,23)/b10-9+. The van der Waals surface area contributed by atoms with Gasteiger partial charge in [0.2, 0.25) is 0 Å². The number of para-hydroxylation sites is 1. The van der Waals surface area contributed by atoms with Crippen LogP contribution in [0.25, 0.3) is 6.08 Å². The van der Waals surface area contributed by atoms with Crippen LogP contribution >= 0.6 is 11.6 Å². The topological polar surface area (TPSA) is 81.7 Å². The summed E-state index contributed by atoms with van der Waals surface area (Å²) in [4.78, 5) is 35.4. The number of anilines is 1. The number of amides is 1. The second-order valence-electron chi connectivity index (χ2n) is 5.54. The van der Waals surface area contributed by atoms with E-state index in [4.69, 9.17) is 16.3 Å². The third-order valence-corrected chi connectivity index (χ3v) is 3.97. The van der Waals surface area contributed by atoms with E-state index in [1.807, 2.05) is 13.0 Å². The lowest BCUT2D eigenvalue weighted by molar-refractivity contribution is -0.142. The van der Waals surface area contributed by atoms with Gasteiger partial charge in [0.1, 0.15) is 0 Å². The highest BCUT2D eigenvalue weighted by atomic mass is 35.5. The van der Waals surface area contributed by atoms with Gasteiger partial charge in [0.25, 0.3) is 5.91 Å². The van der Waals surface area contributed by atoms with Crippen LogP contribution in [0.2, 0.25) is 5.02 Å². The fraction of sp³-hybridized carbons (Fsp3) is 0.150. The van der Waals surface area contributed by atoms with E-state index in [1.165, 1.54) is 25.3 Å². The van der Waals surface area contributed by atoms with E-state index in [-0.39, 0.29) is 11.3 Å². The number of hydrogen-bond donors (Lipinski definition) is 1. The molecule has 0 radical (unpaired) electrons. The second kappa shape index (κ2) is 9.54. The van der Waals surface area contributed by atoms with Gasteiger partial charge in [-0.1, -0.05) is 35.9 Å². The molecule has 0 aliphatic rings. The fourth-order valence-corrected chi connectivity index (χ4v) is 2.32. The van der Waals surface area contributed by atoms with Crippen molar-refractivity contribution in [1.29, 1.82) is 0 Å². The molecule has 140 valence electrons. The van der Waals surface area contributed by atoms with Crippen LogP contribution in [0.1, 0.15) is 21.5 Å². The highest BCUT2D eigenvalue weighted by molar-refractivity contribution is 6.31. The van der Waals surface area contributed by atoms with E-state index in [0.29, 0.717) is 5.02 Å². The SMILES string of the molecule is COC(=O)c1ccccc1NC(=O)COC(=O)/C=C/c1ccc(C)c(Cl)c1. The minimum Gasteiger partial charge on any atom is -0.465 e. The van der Waals surface area contributed by atoms with Crippen molar-refractivity contribution in [2.45, 2.75) is 6.92 Å². The second-order valence-corrected chi connectivity index (χ2v) is 5.94. The third-order valence-electron chi connectivity index (χ3n) is 3.56. The maximum Gasteiger partial charge on any atom is 0.339 e. The Kier molecular flexibility index (Phi) is 7.14. The molecule has 2 rings (SSSR count). The average Bonchev–Trinajstić information content (AvgIpc) is 2.67. The van der Waals surface area contributed by atoms with Gasteiger partial charge >= 0.3 is 11.9 Å². The Balaban J connectivity index is 1.90. The number of benzene rings is 2. The predicted octanol–water partition coefficient (Wildman–Crippen LogP) is 3.63. The van der Waals surface area contributed by atoms with Crippen LogP contribution in [-0.4, -0.2) is 31.6 Å². The number of methoxy groups -OCH3 is 1. The van der Waals surface area contributed by atoms with Gasteiger partial charge in [0.15, 0.2) is 6.61 Å². The highest BCUT2D eigenvalue weighted by Crippen LogP contribution is 2.18. The number of ether oxygens (including phenoxy) is 2. The number of carbonyl (C=O) groups is 3. The molecule has 0 spiro atoms. The van der Waals surface area contributed by atoms with Crippen LogP contribution in [0.4, 0.5) is 5.69 Å². The molecule has 27 heavy (non-hydrogen) atoms. The predicted molar refractivity (Wildman–Crippen MR) is 103 cm³/mol. The van der Waals surface area contributed by atoms with Crippen LogP contribution in [0.5, 0.6) is 0 Å². The minimum atomic E-state index is -0.678. The Labute approximate surface area is 161 Å². The molecule has 0 aliphatic heterocycles. The first-order valence-electron chi connectivity index (χ1n) is 7.99. The number of rotatable bonds is 6. The first-order chi connectivity index (χ1) is 12.9. The van der Waals surface area contributed by atoms with Gasteiger partial charge in [-0.3, -0.25) is 4.79 Å². The number of esters is 2. The van der Waals surface area contributed by atoms with Gasteiger partial charge in [-0.15, -0.1) is 0 Å². The van der Waals surface area contributed by atoms with E-state index < -0.39 is 24.5 Å². The molecule has 1 amide bonds. The number of aryl methyl sites for hydroxylation is 1. The van der Waals surface area contributed by atoms with Gasteiger partial charge < -0.3 is 14.8 Å². The average molecular weight is 388 g/mol. The van der Waals surface area contributed by atoms with Crippen molar-refractivity contribution >= 4 is 41.2 Å². The van der Waals surface area contributed by atoms with Crippen LogP contribution in [0, 0.1) is 6.92 Å². The monoisotopic (exact) mass is 387 g/mol. The molecular formula is C20H18ClNO5. The van der Waals surface area contributed by atoms with Crippen LogP contribution in [0.15, 0.2) is 48.5 Å². The zero-order valence-electron chi connectivity index (χ0n) is 14.8. The molecule has 2 aromatic rings. The van der Waals surface area contributed by atoms with E-state index >= 15 is 0 Å². The van der Waals surface area contributed by atoms with Crippen LogP contribution < -0.4 is 5.32 Å². The zero-order valence-corrected chi connectivity index (χ0v) is 15.6. The third kappa shape index (κ3) is 5.97. The molecule has 0 aromatic heterocycles. The highest BCUT2D eigenvalue weighted by Gasteiger charge is 2.13. The van der Waals surface area contributed by atoms with E-state index in [9.17, 15) is 14.4 Å². The van der Waals surface area contributed by atoms with E-state index in [2.05, 4.69) is 10.1 Å². The lowest BCUT2D eigenvalue weighted by atomic mass is 10.1.